The summed E-state index contributed by atoms with van der Waals surface area (Å²) in [5, 5.41) is 9.09. The van der Waals surface area contributed by atoms with Gasteiger partial charge in [-0.15, -0.1) is 0 Å². The zero-order chi connectivity index (χ0) is 14.5. The van der Waals surface area contributed by atoms with Crippen molar-refractivity contribution in [2.75, 3.05) is 0 Å². The van der Waals surface area contributed by atoms with Gasteiger partial charge >= 0.3 is 5.97 Å². The summed E-state index contributed by atoms with van der Waals surface area (Å²) in [7, 11) is 0. The Hall–Kier alpha value is -0.530. The summed E-state index contributed by atoms with van der Waals surface area (Å²) in [5.74, 6) is 2.88. The van der Waals surface area contributed by atoms with Gasteiger partial charge in [-0.3, -0.25) is 4.79 Å². The van der Waals surface area contributed by atoms with Crippen molar-refractivity contribution in [1.29, 1.82) is 0 Å². The Morgan fingerprint density at radius 1 is 1.00 bits per heavy atom. The molecule has 2 rings (SSSR count). The average Bonchev–Trinajstić information content (AvgIpc) is 2.48. The van der Waals surface area contributed by atoms with Crippen LogP contribution in [0.15, 0.2) is 0 Å². The monoisotopic (exact) mass is 280 g/mol. The Bertz CT molecular complexity index is 297. The molecule has 2 nitrogen and oxygen atoms in total. The quantitative estimate of drug-likeness (QED) is 0.759. The van der Waals surface area contributed by atoms with E-state index in [1.54, 1.807) is 0 Å². The summed E-state index contributed by atoms with van der Waals surface area (Å²) < 4.78 is 0. The molecule has 0 spiro atoms. The molecule has 0 aliphatic heterocycles. The molecule has 0 saturated heterocycles. The second-order valence-corrected chi connectivity index (χ2v) is 7.38. The average molecular weight is 280 g/mol. The van der Waals surface area contributed by atoms with Crippen LogP contribution in [0.1, 0.15) is 78.1 Å². The lowest BCUT2D eigenvalue weighted by Gasteiger charge is -2.38. The molecular formula is C18H32O2. The van der Waals surface area contributed by atoms with Crippen LogP contribution in [0, 0.1) is 29.6 Å². The van der Waals surface area contributed by atoms with E-state index >= 15 is 0 Å². The third kappa shape index (κ3) is 3.99. The van der Waals surface area contributed by atoms with Gasteiger partial charge in [0.1, 0.15) is 0 Å². The van der Waals surface area contributed by atoms with Crippen molar-refractivity contribution in [3.05, 3.63) is 0 Å². The summed E-state index contributed by atoms with van der Waals surface area (Å²) in [6.07, 6.45) is 12.6. The Labute approximate surface area is 124 Å². The Balaban J connectivity index is 1.75. The van der Waals surface area contributed by atoms with Crippen LogP contribution in [-0.4, -0.2) is 11.1 Å². The van der Waals surface area contributed by atoms with Gasteiger partial charge in [0.25, 0.3) is 0 Å². The first kappa shape index (κ1) is 15.9. The Morgan fingerprint density at radius 3 is 1.95 bits per heavy atom. The minimum atomic E-state index is -0.573. The molecule has 0 aromatic carbocycles. The van der Waals surface area contributed by atoms with E-state index in [1.807, 2.05) is 0 Å². The summed E-state index contributed by atoms with van der Waals surface area (Å²) >= 11 is 0. The predicted octanol–water partition coefficient (Wildman–Crippen LogP) is 5.12. The van der Waals surface area contributed by atoms with Gasteiger partial charge in [-0.2, -0.15) is 0 Å². The van der Waals surface area contributed by atoms with Crippen LogP contribution in [-0.2, 0) is 4.79 Å². The first-order valence-electron chi connectivity index (χ1n) is 8.84. The lowest BCUT2D eigenvalue weighted by atomic mass is 9.67. The fourth-order valence-electron chi connectivity index (χ4n) is 4.69. The normalized spacial score (nSPS) is 36.5. The van der Waals surface area contributed by atoms with E-state index in [9.17, 15) is 4.79 Å². The molecule has 0 aromatic rings. The van der Waals surface area contributed by atoms with Gasteiger partial charge in [-0.1, -0.05) is 39.5 Å². The van der Waals surface area contributed by atoms with E-state index in [0.717, 1.165) is 49.4 Å². The van der Waals surface area contributed by atoms with E-state index in [1.165, 1.54) is 38.5 Å². The SMILES string of the molecule is CCCC1CCC(C(C)[C@H]2CC[C@H](C(=O)O)CC2)CC1. The number of rotatable bonds is 5. The van der Waals surface area contributed by atoms with Gasteiger partial charge < -0.3 is 5.11 Å². The number of carbonyl (C=O) groups is 1. The van der Waals surface area contributed by atoms with Gasteiger partial charge in [0.15, 0.2) is 0 Å². The highest BCUT2D eigenvalue weighted by atomic mass is 16.4. The summed E-state index contributed by atoms with van der Waals surface area (Å²) in [6, 6.07) is 0. The number of carboxylic acid groups (broad SMARTS) is 1. The molecule has 2 saturated carbocycles. The first-order valence-corrected chi connectivity index (χ1v) is 8.84. The molecule has 0 amide bonds. The molecule has 1 unspecified atom stereocenters. The fourth-order valence-corrected chi connectivity index (χ4v) is 4.69. The van der Waals surface area contributed by atoms with Crippen LogP contribution in [0.25, 0.3) is 0 Å². The molecule has 20 heavy (non-hydrogen) atoms. The molecule has 0 heterocycles. The summed E-state index contributed by atoms with van der Waals surface area (Å²) in [5.41, 5.74) is 0. The van der Waals surface area contributed by atoms with E-state index < -0.39 is 5.97 Å². The van der Waals surface area contributed by atoms with Crippen molar-refractivity contribution >= 4 is 5.97 Å². The van der Waals surface area contributed by atoms with Gasteiger partial charge in [0.2, 0.25) is 0 Å². The number of hydrogen-bond donors (Lipinski definition) is 1. The number of aliphatic carboxylic acids is 1. The minimum Gasteiger partial charge on any atom is -0.481 e. The van der Waals surface area contributed by atoms with E-state index in [2.05, 4.69) is 13.8 Å². The third-order valence-corrected chi connectivity index (χ3v) is 6.20. The molecule has 116 valence electrons. The number of hydrogen-bond acceptors (Lipinski definition) is 1. The lowest BCUT2D eigenvalue weighted by molar-refractivity contribution is -0.143. The topological polar surface area (TPSA) is 37.3 Å². The molecule has 2 heteroatoms. The van der Waals surface area contributed by atoms with Crippen molar-refractivity contribution in [2.45, 2.75) is 78.1 Å². The van der Waals surface area contributed by atoms with Gasteiger partial charge in [-0.25, -0.2) is 0 Å². The van der Waals surface area contributed by atoms with Crippen LogP contribution in [0.4, 0.5) is 0 Å². The van der Waals surface area contributed by atoms with Crippen molar-refractivity contribution in [3.8, 4) is 0 Å². The van der Waals surface area contributed by atoms with Crippen molar-refractivity contribution in [3.63, 3.8) is 0 Å². The van der Waals surface area contributed by atoms with Crippen LogP contribution in [0.3, 0.4) is 0 Å². The Morgan fingerprint density at radius 2 is 1.50 bits per heavy atom. The summed E-state index contributed by atoms with van der Waals surface area (Å²) in [6.45, 7) is 4.74. The maximum atomic E-state index is 11.0. The maximum Gasteiger partial charge on any atom is 0.306 e. The van der Waals surface area contributed by atoms with Crippen molar-refractivity contribution in [1.82, 2.24) is 0 Å². The van der Waals surface area contributed by atoms with Gasteiger partial charge in [0.05, 0.1) is 5.92 Å². The highest BCUT2D eigenvalue weighted by Gasteiger charge is 2.33. The van der Waals surface area contributed by atoms with Crippen LogP contribution in [0.2, 0.25) is 0 Å². The molecule has 1 atom stereocenters. The maximum absolute atomic E-state index is 11.0. The van der Waals surface area contributed by atoms with Gasteiger partial charge in [0, 0.05) is 0 Å². The van der Waals surface area contributed by atoms with Crippen molar-refractivity contribution in [2.24, 2.45) is 29.6 Å². The van der Waals surface area contributed by atoms with E-state index in [4.69, 9.17) is 5.11 Å². The first-order chi connectivity index (χ1) is 9.61. The van der Waals surface area contributed by atoms with Crippen molar-refractivity contribution < 1.29 is 9.90 Å². The molecule has 2 aliphatic rings. The fraction of sp³-hybridized carbons (Fsp3) is 0.944. The largest absolute Gasteiger partial charge is 0.481 e. The molecule has 0 radical (unpaired) electrons. The number of carboxylic acids is 1. The predicted molar refractivity (Wildman–Crippen MR) is 82.6 cm³/mol. The van der Waals surface area contributed by atoms with Crippen LogP contribution < -0.4 is 0 Å². The minimum absolute atomic E-state index is 0.0567. The zero-order valence-corrected chi connectivity index (χ0v) is 13.3. The second kappa shape index (κ2) is 7.47. The standard InChI is InChI=1S/C18H32O2/c1-3-4-14-5-7-15(8-6-14)13(2)16-9-11-17(12-10-16)18(19)20/h13-17H,3-12H2,1-2H3,(H,19,20)/t13?,14?,15?,16-,17-. The highest BCUT2D eigenvalue weighted by molar-refractivity contribution is 5.69. The van der Waals surface area contributed by atoms with E-state index in [0.29, 0.717) is 0 Å². The molecular weight excluding hydrogens is 248 g/mol. The molecule has 2 fully saturated rings. The molecule has 2 aliphatic carbocycles. The second-order valence-electron chi connectivity index (χ2n) is 7.38. The van der Waals surface area contributed by atoms with Crippen LogP contribution in [0.5, 0.6) is 0 Å². The molecule has 0 aromatic heterocycles. The lowest BCUT2D eigenvalue weighted by Crippen LogP contribution is -2.30. The van der Waals surface area contributed by atoms with E-state index in [-0.39, 0.29) is 5.92 Å². The highest BCUT2D eigenvalue weighted by Crippen LogP contribution is 2.42. The smallest absolute Gasteiger partial charge is 0.306 e. The Kier molecular flexibility index (Phi) is 5.92. The summed E-state index contributed by atoms with van der Waals surface area (Å²) in [4.78, 5) is 11.0. The van der Waals surface area contributed by atoms with Crippen LogP contribution >= 0.6 is 0 Å². The molecule has 1 N–H and O–H groups in total. The van der Waals surface area contributed by atoms with Gasteiger partial charge in [-0.05, 0) is 62.2 Å². The third-order valence-electron chi connectivity index (χ3n) is 6.20. The zero-order valence-electron chi connectivity index (χ0n) is 13.3. The molecule has 0 bridgehead atoms.